The summed E-state index contributed by atoms with van der Waals surface area (Å²) in [6.07, 6.45) is 10.1. The fraction of sp³-hybridized carbons (Fsp3) is 0.609. The van der Waals surface area contributed by atoms with Gasteiger partial charge in [-0.15, -0.1) is 0 Å². The van der Waals surface area contributed by atoms with Crippen molar-refractivity contribution in [3.05, 3.63) is 40.5 Å². The Labute approximate surface area is 151 Å². The summed E-state index contributed by atoms with van der Waals surface area (Å²) in [4.78, 5) is 15.5. The summed E-state index contributed by atoms with van der Waals surface area (Å²) >= 11 is 0. The molecule has 6 rings (SSSR count). The number of carbonyl (C=O) groups is 1. The number of aryl methyl sites for hydroxylation is 2. The van der Waals surface area contributed by atoms with Crippen LogP contribution < -0.4 is 0 Å². The molecule has 0 spiro atoms. The average Bonchev–Trinajstić information content (AvgIpc) is 2.91. The molecule has 1 saturated heterocycles. The van der Waals surface area contributed by atoms with Gasteiger partial charge in [0, 0.05) is 18.2 Å². The zero-order valence-corrected chi connectivity index (χ0v) is 15.5. The van der Waals surface area contributed by atoms with Crippen LogP contribution in [-0.2, 0) is 4.79 Å². The van der Waals surface area contributed by atoms with E-state index in [1.54, 1.807) is 0 Å². The van der Waals surface area contributed by atoms with E-state index in [0.717, 1.165) is 42.2 Å². The van der Waals surface area contributed by atoms with Gasteiger partial charge in [0.2, 0.25) is 5.91 Å². The molecule has 4 saturated carbocycles. The van der Waals surface area contributed by atoms with Crippen molar-refractivity contribution in [3.63, 3.8) is 0 Å². The molecule has 2 heteroatoms. The third-order valence-corrected chi connectivity index (χ3v) is 7.56. The van der Waals surface area contributed by atoms with Crippen LogP contribution in [0.2, 0.25) is 0 Å². The minimum atomic E-state index is 0.333. The Hall–Kier alpha value is -1.57. The highest BCUT2D eigenvalue weighted by Gasteiger charge is 2.51. The van der Waals surface area contributed by atoms with Gasteiger partial charge in [-0.05, 0) is 98.8 Å². The van der Waals surface area contributed by atoms with E-state index in [2.05, 4.69) is 43.0 Å². The van der Waals surface area contributed by atoms with Crippen molar-refractivity contribution in [3.8, 4) is 0 Å². The van der Waals surface area contributed by atoms with Crippen LogP contribution in [0.15, 0.2) is 23.8 Å². The van der Waals surface area contributed by atoms with E-state index in [-0.39, 0.29) is 0 Å². The molecule has 1 aliphatic heterocycles. The molecule has 2 nitrogen and oxygen atoms in total. The molecule has 0 aromatic heterocycles. The van der Waals surface area contributed by atoms with Crippen LogP contribution in [0, 0.1) is 37.5 Å². The molecule has 5 aliphatic rings. The van der Waals surface area contributed by atoms with Crippen molar-refractivity contribution in [2.45, 2.75) is 58.4 Å². The van der Waals surface area contributed by atoms with E-state index in [0.29, 0.717) is 11.9 Å². The van der Waals surface area contributed by atoms with E-state index >= 15 is 0 Å². The fourth-order valence-corrected chi connectivity index (χ4v) is 6.69. The fourth-order valence-electron chi connectivity index (χ4n) is 6.69. The standard InChI is InChI=1S/C23H29NO/c1-14-4-3-5-15(2)21(14)13-18-6-7-24(23(18)25)22-19-9-16-8-17(11-19)12-20(22)10-16/h3-5,13,16-17,19-20,22H,6-12H2,1-2H3/b18-13+. The summed E-state index contributed by atoms with van der Waals surface area (Å²) in [5, 5.41) is 0. The molecular formula is C23H29NO. The predicted octanol–water partition coefficient (Wildman–Crippen LogP) is 4.74. The number of hydrogen-bond acceptors (Lipinski definition) is 1. The first-order valence-corrected chi connectivity index (χ1v) is 10.2. The molecule has 0 unspecified atom stereocenters. The lowest BCUT2D eigenvalue weighted by molar-refractivity contribution is -0.136. The highest BCUT2D eigenvalue weighted by atomic mass is 16.2. The maximum Gasteiger partial charge on any atom is 0.250 e. The maximum absolute atomic E-state index is 13.2. The van der Waals surface area contributed by atoms with E-state index in [1.165, 1.54) is 48.8 Å². The van der Waals surface area contributed by atoms with Crippen molar-refractivity contribution < 1.29 is 4.79 Å². The zero-order chi connectivity index (χ0) is 17.1. The Bertz CT molecular complexity index is 698. The van der Waals surface area contributed by atoms with Crippen molar-refractivity contribution in [1.82, 2.24) is 4.90 Å². The van der Waals surface area contributed by atoms with Crippen LogP contribution in [0.5, 0.6) is 0 Å². The molecule has 1 heterocycles. The van der Waals surface area contributed by atoms with Crippen molar-refractivity contribution >= 4 is 12.0 Å². The highest BCUT2D eigenvalue weighted by Crippen LogP contribution is 2.55. The predicted molar refractivity (Wildman–Crippen MR) is 101 cm³/mol. The summed E-state index contributed by atoms with van der Waals surface area (Å²) in [6.45, 7) is 5.24. The van der Waals surface area contributed by atoms with E-state index in [1.807, 2.05) is 0 Å². The maximum atomic E-state index is 13.2. The average molecular weight is 335 g/mol. The van der Waals surface area contributed by atoms with Gasteiger partial charge in [-0.1, -0.05) is 18.2 Å². The molecule has 0 atom stereocenters. The molecule has 0 radical (unpaired) electrons. The number of amides is 1. The Kier molecular flexibility index (Phi) is 3.59. The Morgan fingerprint density at radius 3 is 2.16 bits per heavy atom. The van der Waals surface area contributed by atoms with Crippen molar-refractivity contribution in [2.75, 3.05) is 6.54 Å². The van der Waals surface area contributed by atoms with Gasteiger partial charge in [0.25, 0.3) is 0 Å². The summed E-state index contributed by atoms with van der Waals surface area (Å²) in [5.74, 6) is 3.86. The van der Waals surface area contributed by atoms with Gasteiger partial charge in [-0.3, -0.25) is 4.79 Å². The second-order valence-corrected chi connectivity index (χ2v) is 9.14. The molecule has 132 valence electrons. The number of carbonyl (C=O) groups excluding carboxylic acids is 1. The molecule has 1 aromatic carbocycles. The molecule has 4 aliphatic carbocycles. The molecule has 5 fully saturated rings. The van der Waals surface area contributed by atoms with Gasteiger partial charge in [0.1, 0.15) is 0 Å². The Balaban J connectivity index is 1.41. The largest absolute Gasteiger partial charge is 0.335 e. The van der Waals surface area contributed by atoms with Crippen molar-refractivity contribution in [2.24, 2.45) is 23.7 Å². The summed E-state index contributed by atoms with van der Waals surface area (Å²) in [6, 6.07) is 6.94. The van der Waals surface area contributed by atoms with Gasteiger partial charge in [-0.2, -0.15) is 0 Å². The smallest absolute Gasteiger partial charge is 0.250 e. The topological polar surface area (TPSA) is 20.3 Å². The third kappa shape index (κ3) is 2.48. The minimum absolute atomic E-state index is 0.333. The van der Waals surface area contributed by atoms with E-state index in [4.69, 9.17) is 0 Å². The minimum Gasteiger partial charge on any atom is -0.335 e. The first kappa shape index (κ1) is 15.7. The van der Waals surface area contributed by atoms with Gasteiger partial charge >= 0.3 is 0 Å². The second-order valence-electron chi connectivity index (χ2n) is 9.14. The van der Waals surface area contributed by atoms with Crippen LogP contribution in [-0.4, -0.2) is 23.4 Å². The second kappa shape index (κ2) is 5.72. The van der Waals surface area contributed by atoms with Crippen molar-refractivity contribution in [1.29, 1.82) is 0 Å². The Morgan fingerprint density at radius 2 is 1.56 bits per heavy atom. The molecular weight excluding hydrogens is 306 g/mol. The first-order valence-electron chi connectivity index (χ1n) is 10.2. The quantitative estimate of drug-likeness (QED) is 0.715. The number of hydrogen-bond donors (Lipinski definition) is 0. The molecule has 1 amide bonds. The molecule has 4 bridgehead atoms. The lowest BCUT2D eigenvalue weighted by Gasteiger charge is -2.56. The molecule has 25 heavy (non-hydrogen) atoms. The van der Waals surface area contributed by atoms with Crippen LogP contribution in [0.1, 0.15) is 55.2 Å². The normalized spacial score (nSPS) is 38.2. The molecule has 0 N–H and O–H groups in total. The van der Waals surface area contributed by atoms with Gasteiger partial charge < -0.3 is 4.90 Å². The van der Waals surface area contributed by atoms with Gasteiger partial charge in [0.15, 0.2) is 0 Å². The van der Waals surface area contributed by atoms with Crippen LogP contribution >= 0.6 is 0 Å². The van der Waals surface area contributed by atoms with Gasteiger partial charge in [0.05, 0.1) is 0 Å². The third-order valence-electron chi connectivity index (χ3n) is 7.56. The van der Waals surface area contributed by atoms with Crippen LogP contribution in [0.25, 0.3) is 6.08 Å². The summed E-state index contributed by atoms with van der Waals surface area (Å²) < 4.78 is 0. The first-order chi connectivity index (χ1) is 12.1. The summed E-state index contributed by atoms with van der Waals surface area (Å²) in [7, 11) is 0. The number of benzene rings is 1. The highest BCUT2D eigenvalue weighted by molar-refractivity contribution is 6.00. The number of nitrogens with zero attached hydrogens (tertiary/aromatic N) is 1. The van der Waals surface area contributed by atoms with Gasteiger partial charge in [-0.25, -0.2) is 0 Å². The van der Waals surface area contributed by atoms with Crippen LogP contribution in [0.4, 0.5) is 0 Å². The molecule has 1 aromatic rings. The summed E-state index contributed by atoms with van der Waals surface area (Å²) in [5.41, 5.74) is 4.82. The van der Waals surface area contributed by atoms with Crippen LogP contribution in [0.3, 0.4) is 0 Å². The SMILES string of the molecule is Cc1cccc(C)c1/C=C1\CCN(C2C3CC4CC(C3)CC2C4)C1=O. The Morgan fingerprint density at radius 1 is 0.960 bits per heavy atom. The number of rotatable bonds is 2. The lowest BCUT2D eigenvalue weighted by atomic mass is 9.54. The van der Waals surface area contributed by atoms with E-state index < -0.39 is 0 Å². The van der Waals surface area contributed by atoms with E-state index in [9.17, 15) is 4.79 Å². The number of likely N-dealkylation sites (tertiary alicyclic amines) is 1. The zero-order valence-electron chi connectivity index (χ0n) is 15.5. The lowest BCUT2D eigenvalue weighted by Crippen LogP contribution is -2.56. The monoisotopic (exact) mass is 335 g/mol.